The summed E-state index contributed by atoms with van der Waals surface area (Å²) in [7, 11) is 0. The lowest BCUT2D eigenvalue weighted by molar-refractivity contribution is 0.0951. The molecule has 0 heterocycles. The number of carbonyl (C=O) groups is 1. The van der Waals surface area contributed by atoms with Crippen molar-refractivity contribution in [3.05, 3.63) is 68.7 Å². The molecule has 2 aromatic carbocycles. The molecule has 5 heteroatoms. The van der Waals surface area contributed by atoms with Crippen LogP contribution < -0.4 is 11.1 Å². The minimum Gasteiger partial charge on any atom is -0.348 e. The number of amides is 1. The predicted octanol–water partition coefficient (Wildman–Crippen LogP) is 3.49. The Balaban J connectivity index is 2.00. The van der Waals surface area contributed by atoms with Crippen LogP contribution in [0.5, 0.6) is 0 Å². The number of nitrogens with two attached hydrogens (primary N) is 1. The van der Waals surface area contributed by atoms with E-state index >= 15 is 0 Å². The Bertz CT molecular complexity index is 614. The maximum absolute atomic E-state index is 12.0. The second-order valence-corrected chi connectivity index (χ2v) is 5.65. The molecule has 0 aliphatic rings. The number of halogens is 2. The van der Waals surface area contributed by atoms with Gasteiger partial charge in [0, 0.05) is 17.6 Å². The van der Waals surface area contributed by atoms with Crippen LogP contribution in [0.25, 0.3) is 0 Å². The summed E-state index contributed by atoms with van der Waals surface area (Å²) in [4.78, 5) is 12.0. The van der Waals surface area contributed by atoms with Crippen molar-refractivity contribution in [2.24, 2.45) is 5.73 Å². The average Bonchev–Trinajstić information content (AvgIpc) is 2.45. The first-order valence-electron chi connectivity index (χ1n) is 6.11. The van der Waals surface area contributed by atoms with Crippen molar-refractivity contribution < 1.29 is 4.79 Å². The normalized spacial score (nSPS) is 10.3. The maximum atomic E-state index is 12.0. The smallest absolute Gasteiger partial charge is 0.253 e. The highest BCUT2D eigenvalue weighted by atomic mass is 79.9. The van der Waals surface area contributed by atoms with Crippen molar-refractivity contribution in [1.82, 2.24) is 5.32 Å². The fourth-order valence-electron chi connectivity index (χ4n) is 1.74. The molecule has 3 N–H and O–H groups in total. The Hall–Kier alpha value is -1.36. The third-order valence-corrected chi connectivity index (χ3v) is 3.69. The largest absolute Gasteiger partial charge is 0.348 e. The second-order valence-electron chi connectivity index (χ2n) is 4.33. The fraction of sp³-hybridized carbons (Fsp3) is 0.133. The van der Waals surface area contributed by atoms with Gasteiger partial charge in [-0.3, -0.25) is 4.79 Å². The van der Waals surface area contributed by atoms with Gasteiger partial charge < -0.3 is 11.1 Å². The van der Waals surface area contributed by atoms with E-state index in [1.807, 2.05) is 24.3 Å². The predicted molar refractivity (Wildman–Crippen MR) is 84.7 cm³/mol. The van der Waals surface area contributed by atoms with Crippen LogP contribution in [-0.4, -0.2) is 5.91 Å². The molecule has 0 atom stereocenters. The molecular formula is C15H14BrClN2O. The van der Waals surface area contributed by atoms with Crippen LogP contribution in [0.4, 0.5) is 0 Å². The van der Waals surface area contributed by atoms with E-state index in [9.17, 15) is 4.79 Å². The zero-order valence-corrected chi connectivity index (χ0v) is 13.0. The fourth-order valence-corrected chi connectivity index (χ4v) is 2.50. The van der Waals surface area contributed by atoms with Gasteiger partial charge in [0.2, 0.25) is 0 Å². The number of nitrogens with one attached hydrogen (secondary N) is 1. The monoisotopic (exact) mass is 352 g/mol. The molecule has 0 bridgehead atoms. The third-order valence-electron chi connectivity index (χ3n) is 2.89. The van der Waals surface area contributed by atoms with E-state index in [2.05, 4.69) is 21.2 Å². The van der Waals surface area contributed by atoms with E-state index in [-0.39, 0.29) is 5.91 Å². The highest BCUT2D eigenvalue weighted by Gasteiger charge is 2.10. The Morgan fingerprint density at radius 2 is 1.80 bits per heavy atom. The molecule has 0 saturated carbocycles. The second kappa shape index (κ2) is 6.88. The number of carbonyl (C=O) groups excluding carboxylic acids is 1. The Morgan fingerprint density at radius 1 is 1.15 bits per heavy atom. The van der Waals surface area contributed by atoms with Gasteiger partial charge >= 0.3 is 0 Å². The van der Waals surface area contributed by atoms with Crippen molar-refractivity contribution in [2.45, 2.75) is 13.1 Å². The minimum atomic E-state index is -0.189. The molecule has 0 aliphatic heterocycles. The quantitative estimate of drug-likeness (QED) is 0.884. The first-order chi connectivity index (χ1) is 9.60. The van der Waals surface area contributed by atoms with Crippen LogP contribution in [0.3, 0.4) is 0 Å². The standard InChI is InChI=1S/C15H14BrClN2O/c16-12-5-6-13(14(17)7-12)15(20)19-9-11-3-1-10(8-18)2-4-11/h1-7H,8-9,18H2,(H,19,20). The molecule has 2 aromatic rings. The minimum absolute atomic E-state index is 0.189. The van der Waals surface area contributed by atoms with Crippen LogP contribution >= 0.6 is 27.5 Å². The van der Waals surface area contributed by atoms with Crippen molar-refractivity contribution in [1.29, 1.82) is 0 Å². The molecule has 0 unspecified atom stereocenters. The van der Waals surface area contributed by atoms with Crippen molar-refractivity contribution in [2.75, 3.05) is 0 Å². The highest BCUT2D eigenvalue weighted by molar-refractivity contribution is 9.10. The topological polar surface area (TPSA) is 55.1 Å². The van der Waals surface area contributed by atoms with E-state index in [0.717, 1.165) is 15.6 Å². The van der Waals surface area contributed by atoms with Crippen LogP contribution in [0, 0.1) is 0 Å². The number of hydrogen-bond donors (Lipinski definition) is 2. The summed E-state index contributed by atoms with van der Waals surface area (Å²) in [6.07, 6.45) is 0. The molecule has 20 heavy (non-hydrogen) atoms. The summed E-state index contributed by atoms with van der Waals surface area (Å²) in [5.74, 6) is -0.189. The van der Waals surface area contributed by atoms with Crippen LogP contribution in [0.2, 0.25) is 5.02 Å². The highest BCUT2D eigenvalue weighted by Crippen LogP contribution is 2.21. The van der Waals surface area contributed by atoms with Gasteiger partial charge in [-0.15, -0.1) is 0 Å². The molecule has 0 saturated heterocycles. The molecule has 2 rings (SSSR count). The lowest BCUT2D eigenvalue weighted by Gasteiger charge is -2.08. The summed E-state index contributed by atoms with van der Waals surface area (Å²) >= 11 is 9.35. The van der Waals surface area contributed by atoms with Crippen LogP contribution in [0.1, 0.15) is 21.5 Å². The third kappa shape index (κ3) is 3.82. The number of benzene rings is 2. The molecule has 3 nitrogen and oxygen atoms in total. The number of hydrogen-bond acceptors (Lipinski definition) is 2. The summed E-state index contributed by atoms with van der Waals surface area (Å²) in [5, 5.41) is 3.27. The SMILES string of the molecule is NCc1ccc(CNC(=O)c2ccc(Br)cc2Cl)cc1. The zero-order valence-electron chi connectivity index (χ0n) is 10.7. The van der Waals surface area contributed by atoms with E-state index in [4.69, 9.17) is 17.3 Å². The number of rotatable bonds is 4. The molecule has 0 aliphatic carbocycles. The summed E-state index contributed by atoms with van der Waals surface area (Å²) in [6.45, 7) is 0.969. The molecule has 0 spiro atoms. The molecule has 0 radical (unpaired) electrons. The summed E-state index contributed by atoms with van der Waals surface area (Å²) in [5.41, 5.74) is 8.09. The van der Waals surface area contributed by atoms with Gasteiger partial charge in [0.25, 0.3) is 5.91 Å². The first kappa shape index (κ1) is 15.0. The van der Waals surface area contributed by atoms with Gasteiger partial charge in [-0.05, 0) is 29.3 Å². The van der Waals surface area contributed by atoms with Crippen molar-refractivity contribution in [3.8, 4) is 0 Å². The van der Waals surface area contributed by atoms with Crippen LogP contribution in [-0.2, 0) is 13.1 Å². The van der Waals surface area contributed by atoms with Gasteiger partial charge in [0.1, 0.15) is 0 Å². The Kier molecular flexibility index (Phi) is 5.17. The molecular weight excluding hydrogens is 340 g/mol. The van der Waals surface area contributed by atoms with Gasteiger partial charge in [0.05, 0.1) is 10.6 Å². The lowest BCUT2D eigenvalue weighted by atomic mass is 10.1. The first-order valence-corrected chi connectivity index (χ1v) is 7.28. The van der Waals surface area contributed by atoms with E-state index < -0.39 is 0 Å². The van der Waals surface area contributed by atoms with E-state index in [1.165, 1.54) is 0 Å². The van der Waals surface area contributed by atoms with Crippen LogP contribution in [0.15, 0.2) is 46.9 Å². The molecule has 1 amide bonds. The van der Waals surface area contributed by atoms with Gasteiger partial charge in [-0.25, -0.2) is 0 Å². The van der Waals surface area contributed by atoms with Gasteiger partial charge in [-0.2, -0.15) is 0 Å². The van der Waals surface area contributed by atoms with E-state index in [0.29, 0.717) is 23.7 Å². The molecule has 104 valence electrons. The average molecular weight is 354 g/mol. The van der Waals surface area contributed by atoms with Gasteiger partial charge in [0.15, 0.2) is 0 Å². The van der Waals surface area contributed by atoms with Gasteiger partial charge in [-0.1, -0.05) is 51.8 Å². The molecule has 0 aromatic heterocycles. The summed E-state index contributed by atoms with van der Waals surface area (Å²) < 4.78 is 0.844. The lowest BCUT2D eigenvalue weighted by Crippen LogP contribution is -2.23. The van der Waals surface area contributed by atoms with Crippen molar-refractivity contribution in [3.63, 3.8) is 0 Å². The van der Waals surface area contributed by atoms with E-state index in [1.54, 1.807) is 18.2 Å². The summed E-state index contributed by atoms with van der Waals surface area (Å²) in [6, 6.07) is 13.0. The zero-order chi connectivity index (χ0) is 14.5. The Morgan fingerprint density at radius 3 is 2.40 bits per heavy atom. The molecule has 0 fully saturated rings. The maximum Gasteiger partial charge on any atom is 0.253 e. The van der Waals surface area contributed by atoms with Crippen molar-refractivity contribution >= 4 is 33.4 Å². The Labute approximate surface area is 131 Å².